The molecule has 170 valence electrons. The molecule has 1 N–H and O–H groups in total. The van der Waals surface area contributed by atoms with Crippen molar-refractivity contribution in [3.8, 4) is 5.69 Å². The molecule has 0 bridgehead atoms. The van der Waals surface area contributed by atoms with Gasteiger partial charge in [-0.25, -0.2) is 17.4 Å². The van der Waals surface area contributed by atoms with Crippen LogP contribution in [0.5, 0.6) is 0 Å². The second kappa shape index (κ2) is 9.44. The Balaban J connectivity index is 2.19. The summed E-state index contributed by atoms with van der Waals surface area (Å²) < 4.78 is 31.0. The summed E-state index contributed by atoms with van der Waals surface area (Å²) in [5, 5.41) is 2.78. The fraction of sp³-hybridized carbons (Fsp3) is 0.304. The third kappa shape index (κ3) is 4.47. The van der Waals surface area contributed by atoms with Crippen LogP contribution in [0.4, 0.5) is 5.69 Å². The Bertz CT molecular complexity index is 1250. The maximum atomic E-state index is 13.6. The minimum absolute atomic E-state index is 0.00486. The average Bonchev–Trinajstić information content (AvgIpc) is 3.01. The summed E-state index contributed by atoms with van der Waals surface area (Å²) >= 11 is 0. The van der Waals surface area contributed by atoms with E-state index in [9.17, 15) is 18.0 Å². The first-order valence-electron chi connectivity index (χ1n) is 10.4. The number of sulfonamides is 1. The number of carbonyl (C=O) groups excluding carboxylic acids is 1. The van der Waals surface area contributed by atoms with Crippen LogP contribution in [-0.2, 0) is 21.9 Å². The molecule has 3 aromatic rings. The summed E-state index contributed by atoms with van der Waals surface area (Å²) in [5.74, 6) is -0.479. The number of para-hydroxylation sites is 1. The maximum Gasteiger partial charge on any atom is 0.296 e. The molecular formula is C23H28N4O4S. The summed E-state index contributed by atoms with van der Waals surface area (Å²) in [5.41, 5.74) is 0.441. The molecule has 8 nitrogen and oxygen atoms in total. The van der Waals surface area contributed by atoms with Crippen LogP contribution in [0, 0.1) is 6.92 Å². The summed E-state index contributed by atoms with van der Waals surface area (Å²) in [6.45, 7) is 4.92. The Kier molecular flexibility index (Phi) is 6.88. The molecule has 1 amide bonds. The highest BCUT2D eigenvalue weighted by Crippen LogP contribution is 2.25. The minimum atomic E-state index is -4.18. The molecule has 0 aliphatic heterocycles. The first kappa shape index (κ1) is 23.3. The van der Waals surface area contributed by atoms with Gasteiger partial charge in [0.25, 0.3) is 15.6 Å². The van der Waals surface area contributed by atoms with Crippen molar-refractivity contribution in [1.29, 1.82) is 0 Å². The predicted octanol–water partition coefficient (Wildman–Crippen LogP) is 2.59. The Morgan fingerprint density at radius 1 is 1.06 bits per heavy atom. The van der Waals surface area contributed by atoms with Gasteiger partial charge in [0.15, 0.2) is 0 Å². The molecule has 1 aromatic heterocycles. The van der Waals surface area contributed by atoms with E-state index in [1.54, 1.807) is 61.1 Å². The van der Waals surface area contributed by atoms with E-state index in [4.69, 9.17) is 0 Å². The highest BCUT2D eigenvalue weighted by Gasteiger charge is 2.33. The van der Waals surface area contributed by atoms with E-state index < -0.39 is 28.0 Å². The summed E-state index contributed by atoms with van der Waals surface area (Å²) in [4.78, 5) is 26.2. The van der Waals surface area contributed by atoms with Gasteiger partial charge in [-0.3, -0.25) is 14.3 Å². The topological polar surface area (TPSA) is 93.4 Å². The third-order valence-corrected chi connectivity index (χ3v) is 7.17. The Hall–Kier alpha value is -3.33. The number of benzene rings is 2. The van der Waals surface area contributed by atoms with E-state index in [1.807, 2.05) is 19.9 Å². The summed E-state index contributed by atoms with van der Waals surface area (Å²) in [6, 6.07) is 16.6. The molecule has 0 saturated heterocycles. The van der Waals surface area contributed by atoms with Crippen molar-refractivity contribution in [1.82, 2.24) is 14.7 Å². The number of amides is 1. The lowest BCUT2D eigenvalue weighted by atomic mass is 10.2. The number of hydrogen-bond donors (Lipinski definition) is 1. The highest BCUT2D eigenvalue weighted by molar-refractivity contribution is 7.92. The minimum Gasteiger partial charge on any atom is -0.352 e. The molecule has 0 saturated carbocycles. The number of rotatable bonds is 8. The van der Waals surface area contributed by atoms with Gasteiger partial charge >= 0.3 is 0 Å². The molecular weight excluding hydrogens is 428 g/mol. The number of anilines is 1. The van der Waals surface area contributed by atoms with Gasteiger partial charge in [0.2, 0.25) is 5.91 Å². The van der Waals surface area contributed by atoms with E-state index in [0.29, 0.717) is 17.8 Å². The largest absolute Gasteiger partial charge is 0.352 e. The maximum absolute atomic E-state index is 13.6. The fourth-order valence-electron chi connectivity index (χ4n) is 3.40. The van der Waals surface area contributed by atoms with Gasteiger partial charge in [0, 0.05) is 13.1 Å². The molecule has 0 spiro atoms. The van der Waals surface area contributed by atoms with Gasteiger partial charge in [-0.2, -0.15) is 0 Å². The lowest BCUT2D eigenvalue weighted by molar-refractivity contribution is -0.120. The summed E-state index contributed by atoms with van der Waals surface area (Å²) in [7, 11) is -2.50. The first-order chi connectivity index (χ1) is 15.2. The van der Waals surface area contributed by atoms with Crippen molar-refractivity contribution in [2.45, 2.75) is 38.1 Å². The van der Waals surface area contributed by atoms with Gasteiger partial charge in [-0.1, -0.05) is 43.3 Å². The van der Waals surface area contributed by atoms with Gasteiger partial charge < -0.3 is 5.32 Å². The molecule has 1 atom stereocenters. The van der Waals surface area contributed by atoms with Crippen LogP contribution in [0.2, 0.25) is 0 Å². The van der Waals surface area contributed by atoms with Crippen LogP contribution in [0.15, 0.2) is 70.4 Å². The highest BCUT2D eigenvalue weighted by atomic mass is 32.2. The number of aromatic nitrogens is 2. The normalized spacial score (nSPS) is 12.4. The Labute approximate surface area is 188 Å². The standard InChI is InChI=1S/C23H28N4O4S/c1-5-17(2)24-21(28)16-26(32(30,31)20-14-10-7-11-15-20)22-18(3)25(4)27(23(22)29)19-12-8-6-9-13-19/h6-15,17H,5,16H2,1-4H3,(H,24,28)/t17-/m0/s1. The van der Waals surface area contributed by atoms with E-state index in [1.165, 1.54) is 16.8 Å². The van der Waals surface area contributed by atoms with Crippen LogP contribution in [0.3, 0.4) is 0 Å². The van der Waals surface area contributed by atoms with Crippen LogP contribution in [0.1, 0.15) is 26.0 Å². The van der Waals surface area contributed by atoms with Gasteiger partial charge in [-0.05, 0) is 44.5 Å². The van der Waals surface area contributed by atoms with Gasteiger partial charge in [0.05, 0.1) is 16.3 Å². The van der Waals surface area contributed by atoms with Crippen LogP contribution in [0.25, 0.3) is 5.69 Å². The Morgan fingerprint density at radius 3 is 2.19 bits per heavy atom. The van der Waals surface area contributed by atoms with Crippen LogP contribution in [-0.4, -0.2) is 36.3 Å². The number of nitrogens with zero attached hydrogens (tertiary/aromatic N) is 3. The third-order valence-electron chi connectivity index (χ3n) is 5.41. The van der Waals surface area contributed by atoms with Crippen LogP contribution < -0.4 is 15.2 Å². The van der Waals surface area contributed by atoms with Crippen molar-refractivity contribution in [2.75, 3.05) is 10.8 Å². The molecule has 3 rings (SSSR count). The van der Waals surface area contributed by atoms with Crippen molar-refractivity contribution in [3.05, 3.63) is 76.7 Å². The molecule has 0 fully saturated rings. The molecule has 2 aromatic carbocycles. The average molecular weight is 457 g/mol. The molecule has 0 aliphatic carbocycles. The molecule has 0 unspecified atom stereocenters. The Morgan fingerprint density at radius 2 is 1.62 bits per heavy atom. The number of hydrogen-bond acceptors (Lipinski definition) is 4. The quantitative estimate of drug-likeness (QED) is 0.564. The van der Waals surface area contributed by atoms with E-state index >= 15 is 0 Å². The molecule has 9 heteroatoms. The van der Waals surface area contributed by atoms with Crippen molar-refractivity contribution < 1.29 is 13.2 Å². The second-order valence-electron chi connectivity index (χ2n) is 7.61. The smallest absolute Gasteiger partial charge is 0.296 e. The van der Waals surface area contributed by atoms with Crippen LogP contribution >= 0.6 is 0 Å². The van der Waals surface area contributed by atoms with Crippen molar-refractivity contribution in [2.24, 2.45) is 7.05 Å². The zero-order valence-corrected chi connectivity index (χ0v) is 19.5. The zero-order valence-electron chi connectivity index (χ0n) is 18.6. The monoisotopic (exact) mass is 456 g/mol. The first-order valence-corrected chi connectivity index (χ1v) is 11.8. The predicted molar refractivity (Wildman–Crippen MR) is 125 cm³/mol. The SMILES string of the molecule is CC[C@H](C)NC(=O)CN(c1c(C)n(C)n(-c2ccccc2)c1=O)S(=O)(=O)c1ccccc1. The fourth-order valence-corrected chi connectivity index (χ4v) is 4.89. The molecule has 32 heavy (non-hydrogen) atoms. The number of carbonyl (C=O) groups is 1. The van der Waals surface area contributed by atoms with Crippen molar-refractivity contribution in [3.63, 3.8) is 0 Å². The van der Waals surface area contributed by atoms with Crippen molar-refractivity contribution >= 4 is 21.6 Å². The van der Waals surface area contributed by atoms with E-state index in [-0.39, 0.29) is 16.6 Å². The van der Waals surface area contributed by atoms with E-state index in [2.05, 4.69) is 5.32 Å². The lowest BCUT2D eigenvalue weighted by Gasteiger charge is -2.23. The van der Waals surface area contributed by atoms with E-state index in [0.717, 1.165) is 4.31 Å². The van der Waals surface area contributed by atoms with Gasteiger partial charge in [-0.15, -0.1) is 0 Å². The number of nitrogens with one attached hydrogen (secondary N) is 1. The summed E-state index contributed by atoms with van der Waals surface area (Å²) in [6.07, 6.45) is 0.697. The molecule has 0 radical (unpaired) electrons. The molecule has 0 aliphatic rings. The lowest BCUT2D eigenvalue weighted by Crippen LogP contribution is -2.45. The zero-order chi connectivity index (χ0) is 23.5. The second-order valence-corrected chi connectivity index (χ2v) is 9.47. The van der Waals surface area contributed by atoms with Gasteiger partial charge in [0.1, 0.15) is 12.2 Å². The molecule has 1 heterocycles.